The molecule has 0 spiro atoms. The van der Waals surface area contributed by atoms with Crippen molar-refractivity contribution in [3.63, 3.8) is 0 Å². The first kappa shape index (κ1) is 16.0. The number of hydrogen-bond donors (Lipinski definition) is 1. The van der Waals surface area contributed by atoms with Gasteiger partial charge in [-0.05, 0) is 17.7 Å². The quantitative estimate of drug-likeness (QED) is 0.840. The van der Waals surface area contributed by atoms with Gasteiger partial charge in [0.2, 0.25) is 11.8 Å². The van der Waals surface area contributed by atoms with Crippen molar-refractivity contribution in [1.29, 1.82) is 0 Å². The fraction of sp³-hybridized carbons (Fsp3) is 0.286. The van der Waals surface area contributed by atoms with Crippen LogP contribution in [0, 0.1) is 0 Å². The van der Waals surface area contributed by atoms with Crippen LogP contribution in [0.4, 0.5) is 5.69 Å². The Morgan fingerprint density at radius 2 is 2.18 bits per heavy atom. The summed E-state index contributed by atoms with van der Waals surface area (Å²) in [5.41, 5.74) is 0.314. The average molecular weight is 320 g/mol. The van der Waals surface area contributed by atoms with Crippen LogP contribution in [0.1, 0.15) is 16.8 Å². The van der Waals surface area contributed by atoms with Crippen molar-refractivity contribution in [2.24, 2.45) is 4.99 Å². The zero-order valence-electron chi connectivity index (χ0n) is 12.0. The molecule has 1 heterocycles. The van der Waals surface area contributed by atoms with Gasteiger partial charge < -0.3 is 15.2 Å². The number of carbonyl (C=O) groups excluding carboxylic acids is 3. The largest absolute Gasteiger partial charge is 0.545 e. The summed E-state index contributed by atoms with van der Waals surface area (Å²) in [6, 6.07) is 5.76. The van der Waals surface area contributed by atoms with E-state index in [0.717, 1.165) is 0 Å². The molecule has 1 aromatic rings. The average Bonchev–Trinajstić information content (AvgIpc) is 2.50. The minimum atomic E-state index is -1.32. The van der Waals surface area contributed by atoms with Gasteiger partial charge in [0.05, 0.1) is 5.97 Å². The highest BCUT2D eigenvalue weighted by Crippen LogP contribution is 2.26. The molecule has 1 saturated heterocycles. The van der Waals surface area contributed by atoms with E-state index >= 15 is 0 Å². The topological polar surface area (TPSA) is 102 Å². The maximum Gasteiger partial charge on any atom is 0.238 e. The fourth-order valence-corrected chi connectivity index (χ4v) is 2.96. The van der Waals surface area contributed by atoms with E-state index in [-0.39, 0.29) is 23.8 Å². The molecule has 2 rings (SSSR count). The Labute approximate surface area is 131 Å². The molecule has 1 N–H and O–H groups in total. The van der Waals surface area contributed by atoms with Crippen LogP contribution in [0.5, 0.6) is 0 Å². The highest BCUT2D eigenvalue weighted by atomic mass is 32.2. The molecule has 0 saturated carbocycles. The van der Waals surface area contributed by atoms with Gasteiger partial charge in [0.15, 0.2) is 5.17 Å². The number of carboxylic acids is 1. The second-order valence-corrected chi connectivity index (χ2v) is 5.80. The number of carboxylic acid groups (broad SMARTS) is 1. The molecule has 1 aromatic carbocycles. The number of nitrogens with zero attached hydrogens (tertiary/aromatic N) is 2. The van der Waals surface area contributed by atoms with Gasteiger partial charge in [0.25, 0.3) is 0 Å². The van der Waals surface area contributed by atoms with Crippen LogP contribution in [0.15, 0.2) is 29.3 Å². The summed E-state index contributed by atoms with van der Waals surface area (Å²) in [6.07, 6.45) is 0.0617. The van der Waals surface area contributed by atoms with Gasteiger partial charge in [-0.1, -0.05) is 23.9 Å². The molecule has 1 aliphatic rings. The standard InChI is InChI=1S/C14H15N3O4S/c1-15-14-17(2)11(18)7-10(22-14)12(19)16-9-5-3-4-8(6-9)13(20)21/h3-6,10H,7H2,1-2H3,(H,16,19)(H,20,21)/p-1/t10-/m1/s1. The minimum Gasteiger partial charge on any atom is -0.545 e. The molecular weight excluding hydrogens is 306 g/mol. The lowest BCUT2D eigenvalue weighted by atomic mass is 10.2. The second kappa shape index (κ2) is 6.61. The molecule has 0 bridgehead atoms. The Kier molecular flexibility index (Phi) is 4.81. The summed E-state index contributed by atoms with van der Waals surface area (Å²) in [5, 5.41) is 13.3. The van der Waals surface area contributed by atoms with E-state index in [1.54, 1.807) is 20.2 Å². The van der Waals surface area contributed by atoms with Crippen LogP contribution in [0.25, 0.3) is 0 Å². The third-order valence-electron chi connectivity index (χ3n) is 3.12. The lowest BCUT2D eigenvalue weighted by Crippen LogP contribution is -2.43. The molecule has 0 aliphatic carbocycles. The number of rotatable bonds is 3. The van der Waals surface area contributed by atoms with E-state index in [0.29, 0.717) is 10.9 Å². The molecule has 0 radical (unpaired) electrons. The van der Waals surface area contributed by atoms with Crippen LogP contribution < -0.4 is 10.4 Å². The Morgan fingerprint density at radius 3 is 2.82 bits per heavy atom. The number of amides is 2. The van der Waals surface area contributed by atoms with E-state index in [1.165, 1.54) is 34.9 Å². The van der Waals surface area contributed by atoms with E-state index in [1.807, 2.05) is 0 Å². The van der Waals surface area contributed by atoms with Gasteiger partial charge in [-0.15, -0.1) is 0 Å². The summed E-state index contributed by atoms with van der Waals surface area (Å²) in [5.74, 6) is -1.88. The Bertz CT molecular complexity index is 659. The highest BCUT2D eigenvalue weighted by molar-refractivity contribution is 8.15. The van der Waals surface area contributed by atoms with Crippen LogP contribution in [0.3, 0.4) is 0 Å². The first-order valence-corrected chi connectivity index (χ1v) is 7.32. The molecule has 1 fully saturated rings. The molecule has 0 unspecified atom stereocenters. The molecule has 1 atom stereocenters. The van der Waals surface area contributed by atoms with E-state index in [4.69, 9.17) is 0 Å². The van der Waals surface area contributed by atoms with Crippen LogP contribution in [0.2, 0.25) is 0 Å². The number of aliphatic imine (C=N–C) groups is 1. The monoisotopic (exact) mass is 320 g/mol. The second-order valence-electron chi connectivity index (χ2n) is 4.63. The molecule has 2 amide bonds. The Morgan fingerprint density at radius 1 is 1.45 bits per heavy atom. The first-order valence-electron chi connectivity index (χ1n) is 6.44. The smallest absolute Gasteiger partial charge is 0.238 e. The van der Waals surface area contributed by atoms with Crippen molar-refractivity contribution >= 4 is 40.4 Å². The van der Waals surface area contributed by atoms with Crippen LogP contribution >= 0.6 is 11.8 Å². The van der Waals surface area contributed by atoms with Gasteiger partial charge in [0, 0.05) is 26.2 Å². The third-order valence-corrected chi connectivity index (χ3v) is 4.45. The van der Waals surface area contributed by atoms with Gasteiger partial charge >= 0.3 is 0 Å². The van der Waals surface area contributed by atoms with E-state index in [2.05, 4.69) is 10.3 Å². The van der Waals surface area contributed by atoms with Crippen molar-refractivity contribution in [2.45, 2.75) is 11.7 Å². The number of aromatic carboxylic acids is 1. The molecule has 0 aromatic heterocycles. The molecule has 1 aliphatic heterocycles. The van der Waals surface area contributed by atoms with Gasteiger partial charge in [0.1, 0.15) is 5.25 Å². The number of hydrogen-bond acceptors (Lipinski definition) is 6. The lowest BCUT2D eigenvalue weighted by Gasteiger charge is -2.28. The van der Waals surface area contributed by atoms with Crippen LogP contribution in [-0.2, 0) is 9.59 Å². The lowest BCUT2D eigenvalue weighted by molar-refractivity contribution is -0.255. The van der Waals surface area contributed by atoms with E-state index in [9.17, 15) is 19.5 Å². The number of nitrogens with one attached hydrogen (secondary N) is 1. The van der Waals surface area contributed by atoms with E-state index < -0.39 is 11.2 Å². The minimum absolute atomic E-state index is 0.0271. The number of benzene rings is 1. The fourth-order valence-electron chi connectivity index (χ4n) is 1.95. The van der Waals surface area contributed by atoms with Gasteiger partial charge in [-0.2, -0.15) is 0 Å². The molecule has 116 valence electrons. The zero-order valence-corrected chi connectivity index (χ0v) is 12.8. The Balaban J connectivity index is 2.11. The van der Waals surface area contributed by atoms with Crippen molar-refractivity contribution in [3.8, 4) is 0 Å². The number of thioether (sulfide) groups is 1. The van der Waals surface area contributed by atoms with Crippen molar-refractivity contribution in [3.05, 3.63) is 29.8 Å². The maximum absolute atomic E-state index is 12.2. The number of anilines is 1. The van der Waals surface area contributed by atoms with Gasteiger partial charge in [-0.25, -0.2) is 0 Å². The zero-order chi connectivity index (χ0) is 16.3. The van der Waals surface area contributed by atoms with Crippen molar-refractivity contribution in [1.82, 2.24) is 4.90 Å². The van der Waals surface area contributed by atoms with Crippen LogP contribution in [-0.4, -0.2) is 47.2 Å². The first-order chi connectivity index (χ1) is 10.4. The number of carbonyl (C=O) groups is 3. The van der Waals surface area contributed by atoms with Crippen molar-refractivity contribution in [2.75, 3.05) is 19.4 Å². The predicted molar refractivity (Wildman–Crippen MR) is 81.5 cm³/mol. The third kappa shape index (κ3) is 3.45. The predicted octanol–water partition coefficient (Wildman–Crippen LogP) is -0.0617. The highest BCUT2D eigenvalue weighted by Gasteiger charge is 2.33. The summed E-state index contributed by atoms with van der Waals surface area (Å²) >= 11 is 1.20. The SMILES string of the molecule is CN=C1S[C@@H](C(=O)Nc2cccc(C(=O)[O-])c2)CC(=O)N1C. The molecule has 8 heteroatoms. The maximum atomic E-state index is 12.2. The normalized spacial score (nSPS) is 20.1. The molecular formula is C14H14N3O4S-. The number of amidine groups is 1. The summed E-state index contributed by atoms with van der Waals surface area (Å²) in [6.45, 7) is 0. The Hall–Kier alpha value is -2.35. The summed E-state index contributed by atoms with van der Waals surface area (Å²) < 4.78 is 0. The molecule has 7 nitrogen and oxygen atoms in total. The van der Waals surface area contributed by atoms with Gasteiger partial charge in [-0.3, -0.25) is 19.5 Å². The van der Waals surface area contributed by atoms with Crippen molar-refractivity contribution < 1.29 is 19.5 Å². The summed E-state index contributed by atoms with van der Waals surface area (Å²) in [4.78, 5) is 40.3. The molecule has 22 heavy (non-hydrogen) atoms. The summed E-state index contributed by atoms with van der Waals surface area (Å²) in [7, 11) is 3.16.